The molecular weight excluding hydrogens is 548 g/mol. The van der Waals surface area contributed by atoms with Crippen molar-refractivity contribution in [3.05, 3.63) is 58.7 Å². The van der Waals surface area contributed by atoms with Crippen molar-refractivity contribution in [3.63, 3.8) is 0 Å². The third-order valence-corrected chi connectivity index (χ3v) is 8.77. The SMILES string of the molecule is Cc1cnc(Nc2cc(F)c(N3CCN(C)CC3)c(F)c2)nc1Nc1ccc(Cl)c(NS(=O)(=O)C(C)(C)C)c1. The fraction of sp³-hybridized carbons (Fsp3) is 0.385. The van der Waals surface area contributed by atoms with Crippen LogP contribution in [-0.4, -0.2) is 61.3 Å². The van der Waals surface area contributed by atoms with Crippen molar-refractivity contribution < 1.29 is 17.2 Å². The van der Waals surface area contributed by atoms with Crippen LogP contribution in [0, 0.1) is 18.6 Å². The van der Waals surface area contributed by atoms with Gasteiger partial charge in [0.15, 0.2) is 11.6 Å². The van der Waals surface area contributed by atoms with Crippen LogP contribution >= 0.6 is 11.6 Å². The minimum atomic E-state index is -3.70. The minimum Gasteiger partial charge on any atom is -0.364 e. The minimum absolute atomic E-state index is 0.0403. The Hall–Kier alpha value is -3.22. The summed E-state index contributed by atoms with van der Waals surface area (Å²) in [4.78, 5) is 12.5. The van der Waals surface area contributed by atoms with Gasteiger partial charge in [0, 0.05) is 49.3 Å². The van der Waals surface area contributed by atoms with Crippen molar-refractivity contribution in [2.24, 2.45) is 0 Å². The predicted octanol–water partition coefficient (Wildman–Crippen LogP) is 5.50. The molecule has 4 rings (SSSR count). The van der Waals surface area contributed by atoms with Crippen LogP contribution in [0.3, 0.4) is 0 Å². The first-order chi connectivity index (χ1) is 18.2. The van der Waals surface area contributed by atoms with E-state index in [1.165, 1.54) is 12.1 Å². The zero-order chi connectivity index (χ0) is 28.5. The van der Waals surface area contributed by atoms with Crippen LogP contribution in [0.15, 0.2) is 36.5 Å². The second kappa shape index (κ2) is 11.1. The number of benzene rings is 2. The Morgan fingerprint density at radius 3 is 2.23 bits per heavy atom. The highest BCUT2D eigenvalue weighted by molar-refractivity contribution is 7.94. The van der Waals surface area contributed by atoms with Gasteiger partial charge in [-0.05, 0) is 65.1 Å². The number of likely N-dealkylation sites (N-methyl/N-ethyl adjacent to an activating group) is 1. The summed E-state index contributed by atoms with van der Waals surface area (Å²) in [7, 11) is -1.72. The summed E-state index contributed by atoms with van der Waals surface area (Å²) in [5.74, 6) is -0.802. The van der Waals surface area contributed by atoms with Crippen LogP contribution in [-0.2, 0) is 10.0 Å². The van der Waals surface area contributed by atoms with E-state index < -0.39 is 26.4 Å². The molecule has 0 aliphatic carbocycles. The van der Waals surface area contributed by atoms with E-state index in [1.54, 1.807) is 57.0 Å². The van der Waals surface area contributed by atoms with E-state index in [0.717, 1.165) is 13.1 Å². The van der Waals surface area contributed by atoms with Gasteiger partial charge >= 0.3 is 0 Å². The molecule has 3 N–H and O–H groups in total. The lowest BCUT2D eigenvalue weighted by atomic mass is 10.2. The average Bonchev–Trinajstić information content (AvgIpc) is 2.83. The molecule has 0 saturated carbocycles. The van der Waals surface area contributed by atoms with Crippen LogP contribution in [0.2, 0.25) is 5.02 Å². The van der Waals surface area contributed by atoms with Gasteiger partial charge in [0.25, 0.3) is 0 Å². The molecular formula is C26H32ClF2N7O2S. The highest BCUT2D eigenvalue weighted by Gasteiger charge is 2.29. The summed E-state index contributed by atoms with van der Waals surface area (Å²) in [6.45, 7) is 9.07. The molecule has 0 unspecified atom stereocenters. The molecule has 1 saturated heterocycles. The number of aryl methyl sites for hydroxylation is 1. The highest BCUT2D eigenvalue weighted by Crippen LogP contribution is 2.32. The molecule has 1 aromatic heterocycles. The third kappa shape index (κ3) is 6.68. The number of nitrogens with one attached hydrogen (secondary N) is 3. The Morgan fingerprint density at radius 1 is 0.974 bits per heavy atom. The number of hydrogen-bond acceptors (Lipinski definition) is 8. The second-order valence-electron chi connectivity index (χ2n) is 10.5. The molecule has 0 amide bonds. The van der Waals surface area contributed by atoms with Gasteiger partial charge in [-0.2, -0.15) is 4.98 Å². The zero-order valence-corrected chi connectivity index (χ0v) is 24.0. The Labute approximate surface area is 232 Å². The van der Waals surface area contributed by atoms with Gasteiger partial charge in [0.05, 0.1) is 15.5 Å². The molecule has 0 bridgehead atoms. The number of aromatic nitrogens is 2. The molecule has 1 fully saturated rings. The fourth-order valence-corrected chi connectivity index (χ4v) is 4.83. The standard InChI is InChI=1S/C26H32ClF2N7O2S/c1-16-15-30-25(32-18-12-20(28)23(21(29)13-18)36-10-8-35(5)9-11-36)33-24(16)31-17-6-7-19(27)22(14-17)34-39(37,38)26(2,3)4/h6-7,12-15,34H,8-11H2,1-5H3,(H2,30,31,32,33). The summed E-state index contributed by atoms with van der Waals surface area (Å²) in [6, 6.07) is 7.24. The Morgan fingerprint density at radius 2 is 1.62 bits per heavy atom. The first kappa shape index (κ1) is 28.8. The van der Waals surface area contributed by atoms with Crippen molar-refractivity contribution in [1.82, 2.24) is 14.9 Å². The van der Waals surface area contributed by atoms with Gasteiger partial charge in [-0.3, -0.25) is 4.72 Å². The number of hydrogen-bond donors (Lipinski definition) is 3. The smallest absolute Gasteiger partial charge is 0.237 e. The van der Waals surface area contributed by atoms with E-state index in [-0.39, 0.29) is 28.0 Å². The maximum atomic E-state index is 14.9. The van der Waals surface area contributed by atoms with E-state index in [1.807, 2.05) is 7.05 Å². The predicted molar refractivity (Wildman–Crippen MR) is 153 cm³/mol. The first-order valence-corrected chi connectivity index (χ1v) is 14.2. The fourth-order valence-electron chi connectivity index (χ4n) is 3.84. The van der Waals surface area contributed by atoms with Gasteiger partial charge in [-0.25, -0.2) is 22.2 Å². The molecule has 9 nitrogen and oxygen atoms in total. The van der Waals surface area contributed by atoms with Crippen LogP contribution < -0.4 is 20.3 Å². The molecule has 3 aromatic rings. The Bertz CT molecular complexity index is 1450. The third-order valence-electron chi connectivity index (χ3n) is 6.34. The van der Waals surface area contributed by atoms with Crippen molar-refractivity contribution in [2.75, 3.05) is 53.5 Å². The van der Waals surface area contributed by atoms with Crippen molar-refractivity contribution in [2.45, 2.75) is 32.4 Å². The lowest BCUT2D eigenvalue weighted by molar-refractivity contribution is 0.310. The van der Waals surface area contributed by atoms with Gasteiger partial charge in [0.2, 0.25) is 16.0 Å². The topological polar surface area (TPSA) is 102 Å². The van der Waals surface area contributed by atoms with Gasteiger partial charge in [-0.15, -0.1) is 0 Å². The number of anilines is 6. The zero-order valence-electron chi connectivity index (χ0n) is 22.4. The molecule has 1 aliphatic rings. The number of sulfonamides is 1. The van der Waals surface area contributed by atoms with E-state index in [0.29, 0.717) is 30.2 Å². The largest absolute Gasteiger partial charge is 0.364 e. The molecule has 210 valence electrons. The summed E-state index contributed by atoms with van der Waals surface area (Å²) in [5.41, 5.74) is 1.56. The average molecular weight is 580 g/mol. The van der Waals surface area contributed by atoms with Gasteiger partial charge < -0.3 is 20.4 Å². The van der Waals surface area contributed by atoms with Crippen molar-refractivity contribution in [3.8, 4) is 0 Å². The van der Waals surface area contributed by atoms with Crippen LogP contribution in [0.5, 0.6) is 0 Å². The van der Waals surface area contributed by atoms with Crippen molar-refractivity contribution >= 4 is 56.1 Å². The number of nitrogens with zero attached hydrogens (tertiary/aromatic N) is 4. The van der Waals surface area contributed by atoms with Crippen molar-refractivity contribution in [1.29, 1.82) is 0 Å². The maximum absolute atomic E-state index is 14.9. The van der Waals surface area contributed by atoms with Crippen LogP contribution in [0.25, 0.3) is 0 Å². The van der Waals surface area contributed by atoms with Gasteiger partial charge in [0.1, 0.15) is 11.5 Å². The summed E-state index contributed by atoms with van der Waals surface area (Å²) in [6.07, 6.45) is 1.56. The molecule has 0 radical (unpaired) electrons. The lowest BCUT2D eigenvalue weighted by Gasteiger charge is -2.34. The second-order valence-corrected chi connectivity index (χ2v) is 13.3. The van der Waals surface area contributed by atoms with Gasteiger partial charge in [-0.1, -0.05) is 11.6 Å². The number of rotatable bonds is 7. The maximum Gasteiger partial charge on any atom is 0.237 e. The molecule has 0 atom stereocenters. The molecule has 0 spiro atoms. The van der Waals surface area contributed by atoms with E-state index in [9.17, 15) is 17.2 Å². The number of halogens is 3. The summed E-state index contributed by atoms with van der Waals surface area (Å²) < 4.78 is 56.6. The molecule has 2 aromatic carbocycles. The number of piperazine rings is 1. The lowest BCUT2D eigenvalue weighted by Crippen LogP contribution is -2.45. The highest BCUT2D eigenvalue weighted by atomic mass is 35.5. The first-order valence-electron chi connectivity index (χ1n) is 12.4. The van der Waals surface area contributed by atoms with E-state index >= 15 is 0 Å². The molecule has 39 heavy (non-hydrogen) atoms. The monoisotopic (exact) mass is 579 g/mol. The van der Waals surface area contributed by atoms with Crippen LogP contribution in [0.1, 0.15) is 26.3 Å². The molecule has 1 aliphatic heterocycles. The Kier molecular flexibility index (Phi) is 8.20. The van der Waals surface area contributed by atoms with E-state index in [4.69, 9.17) is 11.6 Å². The quantitative estimate of drug-likeness (QED) is 0.337. The Balaban J connectivity index is 1.54. The van der Waals surface area contributed by atoms with E-state index in [2.05, 4.69) is 30.2 Å². The summed E-state index contributed by atoms with van der Waals surface area (Å²) >= 11 is 6.24. The molecule has 13 heteroatoms. The van der Waals surface area contributed by atoms with Crippen LogP contribution in [0.4, 0.5) is 43.3 Å². The molecule has 2 heterocycles. The summed E-state index contributed by atoms with van der Waals surface area (Å²) in [5, 5.41) is 6.22. The normalized spacial score (nSPS) is 14.8.